The molecule has 6 rings (SSSR count). The van der Waals surface area contributed by atoms with Gasteiger partial charge in [0, 0.05) is 19.3 Å². The number of benzene rings is 1. The van der Waals surface area contributed by atoms with E-state index in [2.05, 4.69) is 20.3 Å². The van der Waals surface area contributed by atoms with Gasteiger partial charge in [-0.2, -0.15) is 13.2 Å². The van der Waals surface area contributed by atoms with Crippen LogP contribution in [0.3, 0.4) is 0 Å². The SMILES string of the molecule is COC(=O)c1ccc2nc(NC(=O)c3cnc4n3CCN(C(=O)c3c(C(F)(F)F)nc5ccc(F)cn35)C4)sc2c1. The average Bonchev–Trinajstić information content (AvgIpc) is 3.65. The van der Waals surface area contributed by atoms with Gasteiger partial charge in [0.1, 0.15) is 28.7 Å². The van der Waals surface area contributed by atoms with E-state index >= 15 is 0 Å². The zero-order chi connectivity index (χ0) is 29.1. The number of nitrogens with one attached hydrogen (secondary N) is 1. The fourth-order valence-electron chi connectivity index (χ4n) is 4.57. The number of thiazole rings is 1. The van der Waals surface area contributed by atoms with Gasteiger partial charge < -0.3 is 14.2 Å². The second-order valence-corrected chi connectivity index (χ2v) is 10.00. The summed E-state index contributed by atoms with van der Waals surface area (Å²) in [5, 5.41) is 2.96. The lowest BCUT2D eigenvalue weighted by molar-refractivity contribution is -0.141. The van der Waals surface area contributed by atoms with Crippen molar-refractivity contribution in [2.24, 2.45) is 0 Å². The van der Waals surface area contributed by atoms with Crippen LogP contribution in [0.25, 0.3) is 15.9 Å². The van der Waals surface area contributed by atoms with Crippen molar-refractivity contribution in [2.75, 3.05) is 19.0 Å². The van der Waals surface area contributed by atoms with Gasteiger partial charge >= 0.3 is 12.1 Å². The van der Waals surface area contributed by atoms with Gasteiger partial charge in [0.15, 0.2) is 10.8 Å². The van der Waals surface area contributed by atoms with Crippen molar-refractivity contribution in [2.45, 2.75) is 19.3 Å². The molecule has 1 N–H and O–H groups in total. The topological polar surface area (TPSA) is 124 Å². The molecular weight excluding hydrogens is 570 g/mol. The molecular formula is C25H17F4N7O4S. The minimum Gasteiger partial charge on any atom is -0.465 e. The summed E-state index contributed by atoms with van der Waals surface area (Å²) in [5.74, 6) is -2.61. The van der Waals surface area contributed by atoms with Crippen LogP contribution in [-0.2, 0) is 24.0 Å². The van der Waals surface area contributed by atoms with Gasteiger partial charge in [-0.25, -0.2) is 24.1 Å². The summed E-state index contributed by atoms with van der Waals surface area (Å²) in [6.45, 7) is -0.165. The summed E-state index contributed by atoms with van der Waals surface area (Å²) in [4.78, 5) is 51.3. The number of hydrogen-bond donors (Lipinski definition) is 1. The number of halogens is 4. The molecule has 0 unspecified atom stereocenters. The van der Waals surface area contributed by atoms with Gasteiger partial charge in [0.2, 0.25) is 0 Å². The molecule has 5 heterocycles. The molecule has 0 radical (unpaired) electrons. The van der Waals surface area contributed by atoms with Crippen molar-refractivity contribution in [3.8, 4) is 0 Å². The monoisotopic (exact) mass is 587 g/mol. The van der Waals surface area contributed by atoms with Gasteiger partial charge in [-0.3, -0.25) is 19.3 Å². The summed E-state index contributed by atoms with van der Waals surface area (Å²) in [6, 6.07) is 6.79. The second kappa shape index (κ2) is 9.65. The van der Waals surface area contributed by atoms with Crippen molar-refractivity contribution in [3.63, 3.8) is 0 Å². The molecule has 2 amide bonds. The van der Waals surface area contributed by atoms with Crippen LogP contribution in [0, 0.1) is 5.82 Å². The zero-order valence-electron chi connectivity index (χ0n) is 20.9. The molecule has 0 saturated heterocycles. The van der Waals surface area contributed by atoms with Crippen LogP contribution >= 0.6 is 11.3 Å². The zero-order valence-corrected chi connectivity index (χ0v) is 21.7. The number of imidazole rings is 2. The summed E-state index contributed by atoms with van der Waals surface area (Å²) in [7, 11) is 1.27. The molecule has 5 aromatic rings. The first kappa shape index (κ1) is 26.4. The highest BCUT2D eigenvalue weighted by Gasteiger charge is 2.42. The quantitative estimate of drug-likeness (QED) is 0.249. The summed E-state index contributed by atoms with van der Waals surface area (Å²) in [5.41, 5.74) is -1.40. The van der Waals surface area contributed by atoms with Crippen molar-refractivity contribution >= 4 is 50.1 Å². The Hall–Kier alpha value is -4.86. The van der Waals surface area contributed by atoms with Crippen molar-refractivity contribution in [1.29, 1.82) is 0 Å². The predicted molar refractivity (Wildman–Crippen MR) is 136 cm³/mol. The Kier molecular flexibility index (Phi) is 6.21. The highest BCUT2D eigenvalue weighted by Crippen LogP contribution is 2.33. The van der Waals surface area contributed by atoms with Crippen LogP contribution in [-0.4, -0.2) is 60.3 Å². The molecule has 0 atom stereocenters. The number of alkyl halides is 3. The van der Waals surface area contributed by atoms with Gasteiger partial charge in [-0.1, -0.05) is 11.3 Å². The number of methoxy groups -OCH3 is 1. The fourth-order valence-corrected chi connectivity index (χ4v) is 5.47. The van der Waals surface area contributed by atoms with Crippen LogP contribution in [0.4, 0.5) is 22.7 Å². The first-order valence-corrected chi connectivity index (χ1v) is 12.7. The largest absolute Gasteiger partial charge is 0.465 e. The number of carbonyl (C=O) groups is 3. The maximum Gasteiger partial charge on any atom is 0.435 e. The van der Waals surface area contributed by atoms with E-state index in [9.17, 15) is 31.9 Å². The lowest BCUT2D eigenvalue weighted by Crippen LogP contribution is -2.40. The van der Waals surface area contributed by atoms with Gasteiger partial charge in [-0.15, -0.1) is 0 Å². The third-order valence-corrected chi connectivity index (χ3v) is 7.40. The second-order valence-electron chi connectivity index (χ2n) is 8.97. The summed E-state index contributed by atoms with van der Waals surface area (Å²) < 4.78 is 62.8. The minimum absolute atomic E-state index is 0.0419. The lowest BCUT2D eigenvalue weighted by Gasteiger charge is -2.28. The number of carbonyl (C=O) groups excluding carboxylic acids is 3. The standard InChI is InChI=1S/C25H17F4N7O4S/c1-40-23(39)12-2-4-14-16(8-12)41-24(31-14)33-21(37)15-9-30-18-11-34(6-7-35(15)18)22(38)19-20(25(27,28)29)32-17-5-3-13(26)10-36(17)19/h2-5,8-10H,6-7,11H2,1H3,(H,31,33,37). The predicted octanol–water partition coefficient (Wildman–Crippen LogP) is 3.99. The number of pyridine rings is 1. The Labute approximate surface area is 231 Å². The Morgan fingerprint density at radius 1 is 1.10 bits per heavy atom. The van der Waals surface area contributed by atoms with E-state index in [1.54, 1.807) is 22.8 Å². The van der Waals surface area contributed by atoms with E-state index in [0.29, 0.717) is 15.8 Å². The van der Waals surface area contributed by atoms with Crippen molar-refractivity contribution < 1.29 is 36.7 Å². The lowest BCUT2D eigenvalue weighted by atomic mass is 10.2. The van der Waals surface area contributed by atoms with Crippen LogP contribution in [0.5, 0.6) is 0 Å². The first-order chi connectivity index (χ1) is 19.5. The number of aromatic nitrogens is 5. The maximum atomic E-state index is 13.9. The number of fused-ring (bicyclic) bond motifs is 3. The third kappa shape index (κ3) is 4.65. The number of hydrogen-bond acceptors (Lipinski definition) is 8. The van der Waals surface area contributed by atoms with Gasteiger partial charge in [0.05, 0.1) is 35.6 Å². The molecule has 0 aliphatic carbocycles. The van der Waals surface area contributed by atoms with Crippen molar-refractivity contribution in [3.05, 3.63) is 77.0 Å². The molecule has 0 fully saturated rings. The van der Waals surface area contributed by atoms with Gasteiger partial charge in [-0.05, 0) is 30.3 Å². The van der Waals surface area contributed by atoms with Crippen LogP contribution in [0.1, 0.15) is 42.9 Å². The number of amides is 2. The molecule has 1 aliphatic rings. The molecule has 16 heteroatoms. The Morgan fingerprint density at radius 3 is 2.66 bits per heavy atom. The Balaban J connectivity index is 1.23. The van der Waals surface area contributed by atoms with E-state index < -0.39 is 41.2 Å². The van der Waals surface area contributed by atoms with Gasteiger partial charge in [0.25, 0.3) is 11.8 Å². The van der Waals surface area contributed by atoms with Crippen molar-refractivity contribution in [1.82, 2.24) is 28.8 Å². The number of ether oxygens (including phenoxy) is 1. The van der Waals surface area contributed by atoms with E-state index in [-0.39, 0.29) is 41.9 Å². The molecule has 1 aromatic carbocycles. The first-order valence-electron chi connectivity index (χ1n) is 11.9. The highest BCUT2D eigenvalue weighted by atomic mass is 32.1. The number of nitrogens with zero attached hydrogens (tertiary/aromatic N) is 6. The van der Waals surface area contributed by atoms with E-state index in [1.165, 1.54) is 13.3 Å². The van der Waals surface area contributed by atoms with E-state index in [4.69, 9.17) is 4.74 Å². The molecule has 1 aliphatic heterocycles. The van der Waals surface area contributed by atoms with E-state index in [1.807, 2.05) is 0 Å². The summed E-state index contributed by atoms with van der Waals surface area (Å²) >= 11 is 1.15. The molecule has 210 valence electrons. The van der Waals surface area contributed by atoms with Crippen LogP contribution in [0.15, 0.2) is 42.7 Å². The molecule has 0 saturated carbocycles. The van der Waals surface area contributed by atoms with E-state index in [0.717, 1.165) is 39.0 Å². The number of esters is 1. The van der Waals surface area contributed by atoms with Crippen LogP contribution < -0.4 is 5.32 Å². The molecule has 11 nitrogen and oxygen atoms in total. The molecule has 4 aromatic heterocycles. The Bertz CT molecular complexity index is 1880. The summed E-state index contributed by atoms with van der Waals surface area (Å²) in [6.07, 6.45) is -2.88. The molecule has 41 heavy (non-hydrogen) atoms. The normalized spacial score (nSPS) is 13.4. The Morgan fingerprint density at radius 2 is 1.90 bits per heavy atom. The maximum absolute atomic E-state index is 13.9. The third-order valence-electron chi connectivity index (χ3n) is 6.47. The molecule has 0 spiro atoms. The smallest absolute Gasteiger partial charge is 0.435 e. The fraction of sp³-hybridized carbons (Fsp3) is 0.200. The number of anilines is 1. The average molecular weight is 588 g/mol. The number of rotatable bonds is 4. The molecule has 0 bridgehead atoms. The highest BCUT2D eigenvalue weighted by molar-refractivity contribution is 7.22. The van der Waals surface area contributed by atoms with Crippen LogP contribution in [0.2, 0.25) is 0 Å². The minimum atomic E-state index is -4.95.